The normalized spacial score (nSPS) is 14.5. The molecule has 0 saturated carbocycles. The fourth-order valence-electron chi connectivity index (χ4n) is 2.96. The summed E-state index contributed by atoms with van der Waals surface area (Å²) in [4.78, 5) is 31.9. The fourth-order valence-corrected chi connectivity index (χ4v) is 2.96. The summed E-state index contributed by atoms with van der Waals surface area (Å²) >= 11 is 0. The number of benzene rings is 1. The molecule has 1 aromatic carbocycles. The summed E-state index contributed by atoms with van der Waals surface area (Å²) in [6, 6.07) is 18.7. The Bertz CT molecular complexity index is 945. The maximum Gasteiger partial charge on any atom is 0.317 e. The van der Waals surface area contributed by atoms with Gasteiger partial charge in [-0.05, 0) is 24.3 Å². The zero-order valence-corrected chi connectivity index (χ0v) is 14.5. The quantitative estimate of drug-likeness (QED) is 0.665. The summed E-state index contributed by atoms with van der Waals surface area (Å²) in [6.07, 6.45) is 1.60. The van der Waals surface area contributed by atoms with E-state index < -0.39 is 11.8 Å². The molecule has 1 aliphatic heterocycles. The minimum Gasteiger partial charge on any atom is -0.327 e. The predicted molar refractivity (Wildman–Crippen MR) is 99.5 cm³/mol. The minimum absolute atomic E-state index is 0.253. The third kappa shape index (κ3) is 3.52. The summed E-state index contributed by atoms with van der Waals surface area (Å²) in [5.74, 6) is -0.642. The molecule has 1 fully saturated rings. The van der Waals surface area contributed by atoms with Crippen molar-refractivity contribution in [3.8, 4) is 11.3 Å². The van der Waals surface area contributed by atoms with E-state index in [0.717, 1.165) is 11.3 Å². The van der Waals surface area contributed by atoms with Gasteiger partial charge in [-0.25, -0.2) is 4.98 Å². The molecule has 27 heavy (non-hydrogen) atoms. The molecule has 3 aromatic rings. The molecule has 4 rings (SSSR count). The molecule has 2 amide bonds. The summed E-state index contributed by atoms with van der Waals surface area (Å²) < 4.78 is 0. The highest BCUT2D eigenvalue weighted by atomic mass is 16.2. The lowest BCUT2D eigenvalue weighted by atomic mass is 10.1. The van der Waals surface area contributed by atoms with Crippen molar-refractivity contribution in [2.75, 3.05) is 18.0 Å². The van der Waals surface area contributed by atoms with Crippen LogP contribution in [0.5, 0.6) is 0 Å². The van der Waals surface area contributed by atoms with Gasteiger partial charge in [0.25, 0.3) is 0 Å². The van der Waals surface area contributed by atoms with Crippen LogP contribution in [0.25, 0.3) is 11.3 Å². The van der Waals surface area contributed by atoms with E-state index in [4.69, 9.17) is 0 Å². The number of pyridine rings is 1. The van der Waals surface area contributed by atoms with E-state index in [1.165, 1.54) is 9.80 Å². The standard InChI is InChI=1S/C20H17N5O2/c26-19-20(27)25(18-8-4-5-11-21-18)13-12-24(19)14-16-9-10-17(23-22-16)15-6-2-1-3-7-15/h1-11H,12-14H2. The van der Waals surface area contributed by atoms with Crippen LogP contribution in [0.3, 0.4) is 0 Å². The largest absolute Gasteiger partial charge is 0.327 e. The third-order valence-electron chi connectivity index (χ3n) is 4.38. The van der Waals surface area contributed by atoms with Crippen molar-refractivity contribution < 1.29 is 9.59 Å². The number of aromatic nitrogens is 3. The van der Waals surface area contributed by atoms with Crippen molar-refractivity contribution in [3.63, 3.8) is 0 Å². The van der Waals surface area contributed by atoms with E-state index in [2.05, 4.69) is 15.2 Å². The Morgan fingerprint density at radius 1 is 0.815 bits per heavy atom. The zero-order valence-electron chi connectivity index (χ0n) is 14.5. The Balaban J connectivity index is 1.45. The number of piperazine rings is 1. The van der Waals surface area contributed by atoms with Crippen LogP contribution >= 0.6 is 0 Å². The summed E-state index contributed by atoms with van der Waals surface area (Å²) in [5, 5.41) is 8.43. The van der Waals surface area contributed by atoms with Crippen LogP contribution in [0.1, 0.15) is 5.69 Å². The molecule has 0 spiro atoms. The Morgan fingerprint density at radius 2 is 1.63 bits per heavy atom. The minimum atomic E-state index is -0.575. The number of hydrogen-bond donors (Lipinski definition) is 0. The van der Waals surface area contributed by atoms with Crippen molar-refractivity contribution in [1.29, 1.82) is 0 Å². The lowest BCUT2D eigenvalue weighted by Gasteiger charge is -2.32. The topological polar surface area (TPSA) is 79.3 Å². The van der Waals surface area contributed by atoms with Crippen molar-refractivity contribution in [2.24, 2.45) is 0 Å². The molecule has 134 valence electrons. The second-order valence-electron chi connectivity index (χ2n) is 6.15. The molecule has 1 aliphatic rings. The van der Waals surface area contributed by atoms with Gasteiger partial charge in [-0.2, -0.15) is 10.2 Å². The van der Waals surface area contributed by atoms with E-state index in [9.17, 15) is 9.59 Å². The molecule has 0 bridgehead atoms. The molecule has 0 N–H and O–H groups in total. The van der Waals surface area contributed by atoms with Gasteiger partial charge in [0.15, 0.2) is 0 Å². The van der Waals surface area contributed by atoms with Gasteiger partial charge in [0.1, 0.15) is 5.82 Å². The highest BCUT2D eigenvalue weighted by Crippen LogP contribution is 2.18. The van der Waals surface area contributed by atoms with E-state index in [-0.39, 0.29) is 6.54 Å². The van der Waals surface area contributed by atoms with Crippen LogP contribution in [0.15, 0.2) is 66.9 Å². The van der Waals surface area contributed by atoms with Gasteiger partial charge < -0.3 is 4.90 Å². The van der Waals surface area contributed by atoms with Gasteiger partial charge in [0.05, 0.1) is 17.9 Å². The van der Waals surface area contributed by atoms with Crippen LogP contribution in [0.4, 0.5) is 5.82 Å². The molecule has 7 heteroatoms. The number of anilines is 1. The zero-order chi connectivity index (χ0) is 18.6. The van der Waals surface area contributed by atoms with Gasteiger partial charge in [-0.15, -0.1) is 0 Å². The molecule has 0 atom stereocenters. The average Bonchev–Trinajstić information content (AvgIpc) is 2.73. The SMILES string of the molecule is O=C1C(=O)N(c2ccccn2)CCN1Cc1ccc(-c2ccccc2)nn1. The Morgan fingerprint density at radius 3 is 2.33 bits per heavy atom. The van der Waals surface area contributed by atoms with E-state index >= 15 is 0 Å². The summed E-state index contributed by atoms with van der Waals surface area (Å²) in [5.41, 5.74) is 2.38. The number of carbonyl (C=O) groups excluding carboxylic acids is 2. The molecule has 0 aliphatic carbocycles. The molecule has 0 radical (unpaired) electrons. The fraction of sp³-hybridized carbons (Fsp3) is 0.150. The molecule has 2 aromatic heterocycles. The van der Waals surface area contributed by atoms with Crippen LogP contribution in [-0.4, -0.2) is 45.0 Å². The average molecular weight is 359 g/mol. The van der Waals surface area contributed by atoms with Crippen molar-refractivity contribution in [1.82, 2.24) is 20.1 Å². The van der Waals surface area contributed by atoms with Crippen LogP contribution in [-0.2, 0) is 16.1 Å². The highest BCUT2D eigenvalue weighted by Gasteiger charge is 2.34. The third-order valence-corrected chi connectivity index (χ3v) is 4.38. The number of nitrogens with zero attached hydrogens (tertiary/aromatic N) is 5. The predicted octanol–water partition coefficient (Wildman–Crippen LogP) is 1.91. The summed E-state index contributed by atoms with van der Waals surface area (Å²) in [7, 11) is 0. The second-order valence-corrected chi connectivity index (χ2v) is 6.15. The number of carbonyl (C=O) groups is 2. The van der Waals surface area contributed by atoms with Crippen molar-refractivity contribution in [2.45, 2.75) is 6.54 Å². The molecular formula is C20H17N5O2. The van der Waals surface area contributed by atoms with Crippen LogP contribution in [0, 0.1) is 0 Å². The smallest absolute Gasteiger partial charge is 0.317 e. The lowest BCUT2D eigenvalue weighted by molar-refractivity contribution is -0.146. The van der Waals surface area contributed by atoms with Gasteiger partial charge in [-0.3, -0.25) is 14.5 Å². The molecule has 3 heterocycles. The molecule has 1 saturated heterocycles. The highest BCUT2D eigenvalue weighted by molar-refractivity contribution is 6.40. The second kappa shape index (κ2) is 7.33. The Labute approximate surface area is 156 Å². The van der Waals surface area contributed by atoms with E-state index in [1.807, 2.05) is 42.5 Å². The van der Waals surface area contributed by atoms with Gasteiger partial charge in [0, 0.05) is 24.8 Å². The number of hydrogen-bond acceptors (Lipinski definition) is 5. The Hall–Kier alpha value is -3.61. The first kappa shape index (κ1) is 16.8. The van der Waals surface area contributed by atoms with Crippen molar-refractivity contribution >= 4 is 17.6 Å². The monoisotopic (exact) mass is 359 g/mol. The van der Waals surface area contributed by atoms with Crippen LogP contribution in [0.2, 0.25) is 0 Å². The van der Waals surface area contributed by atoms with Gasteiger partial charge >= 0.3 is 11.8 Å². The summed E-state index contributed by atoms with van der Waals surface area (Å²) in [6.45, 7) is 1.07. The van der Waals surface area contributed by atoms with Gasteiger partial charge in [-0.1, -0.05) is 36.4 Å². The number of rotatable bonds is 4. The first-order valence-corrected chi connectivity index (χ1v) is 8.62. The van der Waals surface area contributed by atoms with Gasteiger partial charge in [0.2, 0.25) is 0 Å². The van der Waals surface area contributed by atoms with Crippen LogP contribution < -0.4 is 4.90 Å². The lowest BCUT2D eigenvalue weighted by Crippen LogP contribution is -2.54. The molecule has 0 unspecified atom stereocenters. The van der Waals surface area contributed by atoms with Crippen molar-refractivity contribution in [3.05, 3.63) is 72.6 Å². The maximum absolute atomic E-state index is 12.5. The maximum atomic E-state index is 12.5. The first-order chi connectivity index (χ1) is 13.2. The Kier molecular flexibility index (Phi) is 4.57. The first-order valence-electron chi connectivity index (χ1n) is 8.62. The molecular weight excluding hydrogens is 342 g/mol. The van der Waals surface area contributed by atoms with E-state index in [1.54, 1.807) is 24.4 Å². The molecule has 7 nitrogen and oxygen atoms in total. The van der Waals surface area contributed by atoms with E-state index in [0.29, 0.717) is 24.6 Å². The number of amides is 2.